The molecule has 1 unspecified atom stereocenters. The molecule has 2 aromatic rings. The number of hydrogen-bond donors (Lipinski definition) is 1. The lowest BCUT2D eigenvalue weighted by Gasteiger charge is -2.15. The molecule has 1 aromatic carbocycles. The van der Waals surface area contributed by atoms with E-state index in [1.807, 2.05) is 22.9 Å². The lowest BCUT2D eigenvalue weighted by molar-refractivity contribution is 0.413. The van der Waals surface area contributed by atoms with E-state index in [4.69, 9.17) is 10.5 Å². The Balaban J connectivity index is 2.25. The fourth-order valence-corrected chi connectivity index (χ4v) is 2.93. The Labute approximate surface area is 134 Å². The van der Waals surface area contributed by atoms with Crippen LogP contribution in [0, 0.1) is 0 Å². The number of halogens is 1. The number of nitrogens with two attached hydrogens (primary N) is 1. The summed E-state index contributed by atoms with van der Waals surface area (Å²) in [7, 11) is 1.66. The first-order valence-electron chi connectivity index (χ1n) is 7.23. The van der Waals surface area contributed by atoms with Gasteiger partial charge < -0.3 is 10.5 Å². The first-order chi connectivity index (χ1) is 10.1. The van der Waals surface area contributed by atoms with Gasteiger partial charge in [-0.2, -0.15) is 5.10 Å². The summed E-state index contributed by atoms with van der Waals surface area (Å²) in [6.07, 6.45) is 1.70. The van der Waals surface area contributed by atoms with E-state index in [0.717, 1.165) is 40.9 Å². The maximum Gasteiger partial charge on any atom is 0.119 e. The van der Waals surface area contributed by atoms with Gasteiger partial charge in [0.15, 0.2) is 0 Å². The summed E-state index contributed by atoms with van der Waals surface area (Å²) < 4.78 is 8.33. The molecule has 2 rings (SSSR count). The summed E-state index contributed by atoms with van der Waals surface area (Å²) in [4.78, 5) is 0. The zero-order chi connectivity index (χ0) is 15.4. The van der Waals surface area contributed by atoms with E-state index in [1.165, 1.54) is 5.69 Å². The number of ether oxygens (including phenoxy) is 1. The van der Waals surface area contributed by atoms with Crippen LogP contribution in [0.25, 0.3) is 0 Å². The van der Waals surface area contributed by atoms with Gasteiger partial charge >= 0.3 is 0 Å². The van der Waals surface area contributed by atoms with Crippen LogP contribution in [0.5, 0.6) is 5.75 Å². The molecule has 0 aliphatic rings. The summed E-state index contributed by atoms with van der Waals surface area (Å²) in [6, 6.07) is 7.94. The molecule has 0 amide bonds. The minimum atomic E-state index is -0.0961. The van der Waals surface area contributed by atoms with Crippen LogP contribution in [0.3, 0.4) is 0 Å². The highest BCUT2D eigenvalue weighted by Gasteiger charge is 2.15. The second-order valence-electron chi connectivity index (χ2n) is 4.99. The number of nitrogens with zero attached hydrogens (tertiary/aromatic N) is 2. The Morgan fingerprint density at radius 1 is 1.33 bits per heavy atom. The largest absolute Gasteiger partial charge is 0.497 e. The fraction of sp³-hybridized carbons (Fsp3) is 0.438. The minimum absolute atomic E-state index is 0.0961. The molecule has 0 fully saturated rings. The molecule has 0 aliphatic heterocycles. The SMILES string of the molecule is CCc1cc(CC(N)c2cc(OC)ccc2Br)n(CC)n1. The molecule has 0 bridgehead atoms. The molecule has 0 saturated carbocycles. The molecule has 4 nitrogen and oxygen atoms in total. The van der Waals surface area contributed by atoms with E-state index >= 15 is 0 Å². The highest BCUT2D eigenvalue weighted by atomic mass is 79.9. The molecule has 0 aliphatic carbocycles. The molecule has 0 spiro atoms. The van der Waals surface area contributed by atoms with Gasteiger partial charge in [0.2, 0.25) is 0 Å². The number of hydrogen-bond acceptors (Lipinski definition) is 3. The summed E-state index contributed by atoms with van der Waals surface area (Å²) in [5, 5.41) is 4.57. The van der Waals surface area contributed by atoms with Crippen molar-refractivity contribution in [2.75, 3.05) is 7.11 Å². The zero-order valence-corrected chi connectivity index (χ0v) is 14.4. The predicted octanol–water partition coefficient (Wildman–Crippen LogP) is 3.48. The van der Waals surface area contributed by atoms with E-state index in [2.05, 4.69) is 40.9 Å². The highest BCUT2D eigenvalue weighted by molar-refractivity contribution is 9.10. The summed E-state index contributed by atoms with van der Waals surface area (Å²) in [5.41, 5.74) is 9.74. The van der Waals surface area contributed by atoms with Gasteiger partial charge in [0.1, 0.15) is 5.75 Å². The normalized spacial score (nSPS) is 12.4. The average Bonchev–Trinajstić information content (AvgIpc) is 2.89. The number of aryl methyl sites for hydroxylation is 2. The van der Waals surface area contributed by atoms with E-state index < -0.39 is 0 Å². The van der Waals surface area contributed by atoms with Crippen LogP contribution >= 0.6 is 15.9 Å². The first-order valence-corrected chi connectivity index (χ1v) is 8.02. The van der Waals surface area contributed by atoms with Crippen molar-refractivity contribution in [3.05, 3.63) is 45.7 Å². The van der Waals surface area contributed by atoms with Crippen LogP contribution in [0.4, 0.5) is 0 Å². The van der Waals surface area contributed by atoms with Gasteiger partial charge in [0.25, 0.3) is 0 Å². The summed E-state index contributed by atoms with van der Waals surface area (Å²) >= 11 is 3.57. The van der Waals surface area contributed by atoms with E-state index in [1.54, 1.807) is 7.11 Å². The lowest BCUT2D eigenvalue weighted by atomic mass is 10.0. The van der Waals surface area contributed by atoms with Gasteiger partial charge in [0, 0.05) is 29.2 Å². The minimum Gasteiger partial charge on any atom is -0.497 e. The lowest BCUT2D eigenvalue weighted by Crippen LogP contribution is -2.16. The fourth-order valence-electron chi connectivity index (χ4n) is 2.39. The van der Waals surface area contributed by atoms with Crippen LogP contribution in [0.2, 0.25) is 0 Å². The first kappa shape index (κ1) is 16.0. The van der Waals surface area contributed by atoms with Gasteiger partial charge in [0.05, 0.1) is 12.8 Å². The van der Waals surface area contributed by atoms with Crippen molar-refractivity contribution >= 4 is 15.9 Å². The van der Waals surface area contributed by atoms with Crippen molar-refractivity contribution in [1.29, 1.82) is 0 Å². The Bertz CT molecular complexity index is 610. The molecule has 1 atom stereocenters. The average molecular weight is 352 g/mol. The third-order valence-corrected chi connectivity index (χ3v) is 4.33. The molecule has 2 N–H and O–H groups in total. The van der Waals surface area contributed by atoms with E-state index in [-0.39, 0.29) is 6.04 Å². The predicted molar refractivity (Wildman–Crippen MR) is 88.6 cm³/mol. The Hall–Kier alpha value is -1.33. The van der Waals surface area contributed by atoms with Gasteiger partial charge in [-0.15, -0.1) is 0 Å². The van der Waals surface area contributed by atoms with Gasteiger partial charge in [-0.1, -0.05) is 22.9 Å². The van der Waals surface area contributed by atoms with Crippen LogP contribution in [0.1, 0.15) is 36.8 Å². The summed E-state index contributed by atoms with van der Waals surface area (Å²) in [6.45, 7) is 5.08. The number of benzene rings is 1. The van der Waals surface area contributed by atoms with Crippen LogP contribution < -0.4 is 10.5 Å². The second-order valence-corrected chi connectivity index (χ2v) is 5.85. The van der Waals surface area contributed by atoms with Crippen molar-refractivity contribution < 1.29 is 4.74 Å². The van der Waals surface area contributed by atoms with Gasteiger partial charge in [-0.05, 0) is 43.2 Å². The standard InChI is InChI=1S/C16H22BrN3O/c1-4-11-8-12(20(5-2)19-11)9-16(18)14-10-13(21-3)6-7-15(14)17/h6-8,10,16H,4-5,9,18H2,1-3H3. The Morgan fingerprint density at radius 2 is 2.10 bits per heavy atom. The van der Waals surface area contributed by atoms with Crippen LogP contribution in [-0.2, 0) is 19.4 Å². The van der Waals surface area contributed by atoms with Crippen molar-refractivity contribution in [3.8, 4) is 5.75 Å². The second kappa shape index (κ2) is 7.09. The smallest absolute Gasteiger partial charge is 0.119 e. The molecule has 114 valence electrons. The quantitative estimate of drug-likeness (QED) is 0.866. The Kier molecular flexibility index (Phi) is 5.42. The highest BCUT2D eigenvalue weighted by Crippen LogP contribution is 2.28. The molecule has 1 aromatic heterocycles. The molecular weight excluding hydrogens is 330 g/mol. The number of rotatable bonds is 6. The van der Waals surface area contributed by atoms with E-state index in [9.17, 15) is 0 Å². The zero-order valence-electron chi connectivity index (χ0n) is 12.8. The van der Waals surface area contributed by atoms with Crippen molar-refractivity contribution in [1.82, 2.24) is 9.78 Å². The monoisotopic (exact) mass is 351 g/mol. The van der Waals surface area contributed by atoms with E-state index in [0.29, 0.717) is 0 Å². The Morgan fingerprint density at radius 3 is 2.71 bits per heavy atom. The van der Waals surface area contributed by atoms with Crippen molar-refractivity contribution in [2.45, 2.75) is 39.3 Å². The maximum atomic E-state index is 6.40. The van der Waals surface area contributed by atoms with Crippen molar-refractivity contribution in [3.63, 3.8) is 0 Å². The number of aromatic nitrogens is 2. The summed E-state index contributed by atoms with van der Waals surface area (Å²) in [5.74, 6) is 0.821. The molecule has 1 heterocycles. The topological polar surface area (TPSA) is 53.1 Å². The number of methoxy groups -OCH3 is 1. The molecule has 0 saturated heterocycles. The van der Waals surface area contributed by atoms with Gasteiger partial charge in [-0.25, -0.2) is 0 Å². The third kappa shape index (κ3) is 3.66. The third-order valence-electron chi connectivity index (χ3n) is 3.61. The van der Waals surface area contributed by atoms with Crippen molar-refractivity contribution in [2.24, 2.45) is 5.73 Å². The molecular formula is C16H22BrN3O. The van der Waals surface area contributed by atoms with Crippen LogP contribution in [0.15, 0.2) is 28.7 Å². The van der Waals surface area contributed by atoms with Crippen LogP contribution in [-0.4, -0.2) is 16.9 Å². The molecule has 5 heteroatoms. The van der Waals surface area contributed by atoms with Gasteiger partial charge in [-0.3, -0.25) is 4.68 Å². The maximum absolute atomic E-state index is 6.40. The molecule has 0 radical (unpaired) electrons. The molecule has 21 heavy (non-hydrogen) atoms.